The minimum absolute atomic E-state index is 0.0289. The Balaban J connectivity index is 1.83. The highest BCUT2D eigenvalue weighted by Crippen LogP contribution is 2.22. The number of urea groups is 1. The van der Waals surface area contributed by atoms with Crippen LogP contribution in [0.5, 0.6) is 5.75 Å². The van der Waals surface area contributed by atoms with Gasteiger partial charge in [0.2, 0.25) is 5.91 Å². The number of carbonyl (C=O) groups is 2. The van der Waals surface area contributed by atoms with Gasteiger partial charge in [-0.15, -0.1) is 0 Å². The van der Waals surface area contributed by atoms with Crippen LogP contribution in [0.25, 0.3) is 0 Å². The Morgan fingerprint density at radius 1 is 1.20 bits per heavy atom. The van der Waals surface area contributed by atoms with Gasteiger partial charge in [0.05, 0.1) is 6.04 Å². The summed E-state index contributed by atoms with van der Waals surface area (Å²) in [7, 11) is 0. The molecule has 7 heteroatoms. The summed E-state index contributed by atoms with van der Waals surface area (Å²) >= 11 is 0. The van der Waals surface area contributed by atoms with Gasteiger partial charge in [-0.25, -0.2) is 9.18 Å². The van der Waals surface area contributed by atoms with Crippen molar-refractivity contribution < 1.29 is 18.7 Å². The van der Waals surface area contributed by atoms with E-state index in [9.17, 15) is 14.0 Å². The largest absolute Gasteiger partial charge is 0.488 e. The average Bonchev–Trinajstić information content (AvgIpc) is 2.65. The van der Waals surface area contributed by atoms with Crippen LogP contribution in [0.4, 0.5) is 9.18 Å². The molecule has 0 radical (unpaired) electrons. The van der Waals surface area contributed by atoms with E-state index in [0.29, 0.717) is 25.4 Å². The number of carbonyl (C=O) groups excluding carboxylic acids is 2. The summed E-state index contributed by atoms with van der Waals surface area (Å²) in [5.41, 5.74) is -0.269. The number of benzene rings is 1. The number of piperidine rings is 1. The molecule has 1 aliphatic heterocycles. The molecule has 1 aromatic rings. The molecule has 2 rings (SSSR count). The zero-order valence-electron chi connectivity index (χ0n) is 18.8. The molecule has 2 N–H and O–H groups in total. The standard InChI is InChI=1S/C23H36FN3O3/c1-16(2)14-21(28)27-12-10-17(11-13-27)25-22(29)26-20(23(3,4)5)15-30-19-9-7-6-8-18(19)24/h6-9,16-17,20H,10-15H2,1-5H3,(H2,25,26,29). The van der Waals surface area contributed by atoms with Crippen molar-refractivity contribution in [2.75, 3.05) is 19.7 Å². The third-order valence-electron chi connectivity index (χ3n) is 5.36. The van der Waals surface area contributed by atoms with Crippen LogP contribution < -0.4 is 15.4 Å². The van der Waals surface area contributed by atoms with Crippen molar-refractivity contribution in [2.24, 2.45) is 11.3 Å². The molecule has 0 spiro atoms. The summed E-state index contributed by atoms with van der Waals surface area (Å²) < 4.78 is 19.4. The van der Waals surface area contributed by atoms with Crippen molar-refractivity contribution in [3.8, 4) is 5.75 Å². The minimum Gasteiger partial charge on any atom is -0.488 e. The van der Waals surface area contributed by atoms with E-state index in [1.807, 2.05) is 39.5 Å². The first-order valence-electron chi connectivity index (χ1n) is 10.8. The van der Waals surface area contributed by atoms with Gasteiger partial charge >= 0.3 is 6.03 Å². The highest BCUT2D eigenvalue weighted by molar-refractivity contribution is 5.77. The van der Waals surface area contributed by atoms with Crippen molar-refractivity contribution in [2.45, 2.75) is 66.0 Å². The Hall–Kier alpha value is -2.31. The molecule has 0 saturated carbocycles. The van der Waals surface area contributed by atoms with E-state index in [2.05, 4.69) is 10.6 Å². The number of likely N-dealkylation sites (tertiary alicyclic amines) is 1. The summed E-state index contributed by atoms with van der Waals surface area (Å²) in [5, 5.41) is 5.99. The molecule has 30 heavy (non-hydrogen) atoms. The third-order valence-corrected chi connectivity index (χ3v) is 5.36. The minimum atomic E-state index is -0.423. The summed E-state index contributed by atoms with van der Waals surface area (Å²) in [4.78, 5) is 26.7. The molecule has 1 atom stereocenters. The van der Waals surface area contributed by atoms with Crippen molar-refractivity contribution in [3.63, 3.8) is 0 Å². The maximum absolute atomic E-state index is 13.8. The van der Waals surface area contributed by atoms with Crippen LogP contribution in [0.15, 0.2) is 24.3 Å². The molecule has 0 bridgehead atoms. The Morgan fingerprint density at radius 3 is 2.40 bits per heavy atom. The van der Waals surface area contributed by atoms with Crippen LogP contribution in [0.1, 0.15) is 53.9 Å². The second kappa shape index (κ2) is 10.6. The van der Waals surface area contributed by atoms with Crippen molar-refractivity contribution in [1.82, 2.24) is 15.5 Å². The number of nitrogens with zero attached hydrogens (tertiary/aromatic N) is 1. The molecule has 6 nitrogen and oxygen atoms in total. The SMILES string of the molecule is CC(C)CC(=O)N1CCC(NC(=O)NC(COc2ccccc2F)C(C)(C)C)CC1. The average molecular weight is 422 g/mol. The molecule has 3 amide bonds. The maximum atomic E-state index is 13.8. The van der Waals surface area contributed by atoms with E-state index in [0.717, 1.165) is 12.8 Å². The number of rotatable bonds is 7. The number of halogens is 1. The zero-order chi connectivity index (χ0) is 22.3. The fourth-order valence-electron chi connectivity index (χ4n) is 3.38. The lowest BCUT2D eigenvalue weighted by Gasteiger charge is -2.35. The van der Waals surface area contributed by atoms with Gasteiger partial charge in [-0.3, -0.25) is 4.79 Å². The number of amides is 3. The summed E-state index contributed by atoms with van der Waals surface area (Å²) in [5.74, 6) is 0.284. The quantitative estimate of drug-likeness (QED) is 0.700. The predicted octanol–water partition coefficient (Wildman–Crippen LogP) is 3.96. The Bertz CT molecular complexity index is 710. The van der Waals surface area contributed by atoms with Crippen LogP contribution in [0, 0.1) is 17.2 Å². The summed E-state index contributed by atoms with van der Waals surface area (Å²) in [6.07, 6.45) is 2.04. The lowest BCUT2D eigenvalue weighted by atomic mass is 9.87. The first-order valence-corrected chi connectivity index (χ1v) is 10.8. The number of para-hydroxylation sites is 1. The molecule has 1 heterocycles. The topological polar surface area (TPSA) is 70.7 Å². The molecule has 0 aromatic heterocycles. The molecular formula is C23H36FN3O3. The highest BCUT2D eigenvalue weighted by Gasteiger charge is 2.29. The molecule has 1 fully saturated rings. The fourth-order valence-corrected chi connectivity index (χ4v) is 3.38. The van der Waals surface area contributed by atoms with Crippen molar-refractivity contribution >= 4 is 11.9 Å². The van der Waals surface area contributed by atoms with E-state index < -0.39 is 5.82 Å². The predicted molar refractivity (Wildman–Crippen MR) is 116 cm³/mol. The molecular weight excluding hydrogens is 385 g/mol. The fraction of sp³-hybridized carbons (Fsp3) is 0.652. The Labute approximate surface area is 179 Å². The molecule has 1 aromatic carbocycles. The molecule has 0 aliphatic carbocycles. The van der Waals surface area contributed by atoms with E-state index in [4.69, 9.17) is 4.74 Å². The number of nitrogens with one attached hydrogen (secondary N) is 2. The number of ether oxygens (including phenoxy) is 1. The normalized spacial score (nSPS) is 16.3. The van der Waals surface area contributed by atoms with E-state index in [1.54, 1.807) is 18.2 Å². The lowest BCUT2D eigenvalue weighted by molar-refractivity contribution is -0.133. The van der Waals surface area contributed by atoms with Crippen LogP contribution in [0.3, 0.4) is 0 Å². The van der Waals surface area contributed by atoms with Crippen LogP contribution in [-0.2, 0) is 4.79 Å². The second-order valence-electron chi connectivity index (χ2n) is 9.53. The smallest absolute Gasteiger partial charge is 0.315 e. The first-order chi connectivity index (χ1) is 14.1. The van der Waals surface area contributed by atoms with Gasteiger partial charge in [-0.05, 0) is 36.3 Å². The third kappa shape index (κ3) is 7.50. The van der Waals surface area contributed by atoms with Gasteiger partial charge in [-0.1, -0.05) is 46.8 Å². The van der Waals surface area contributed by atoms with E-state index >= 15 is 0 Å². The van der Waals surface area contributed by atoms with Gasteiger partial charge in [0, 0.05) is 25.6 Å². The van der Waals surface area contributed by atoms with Crippen LogP contribution >= 0.6 is 0 Å². The van der Waals surface area contributed by atoms with Crippen LogP contribution in [0.2, 0.25) is 0 Å². The van der Waals surface area contributed by atoms with E-state index in [1.165, 1.54) is 6.07 Å². The zero-order valence-corrected chi connectivity index (χ0v) is 18.8. The van der Waals surface area contributed by atoms with Gasteiger partial charge in [0.15, 0.2) is 11.6 Å². The summed E-state index contributed by atoms with van der Waals surface area (Å²) in [6.45, 7) is 11.6. The molecule has 1 saturated heterocycles. The van der Waals surface area contributed by atoms with Gasteiger partial charge in [-0.2, -0.15) is 0 Å². The first kappa shape index (κ1) is 24.0. The monoisotopic (exact) mass is 421 g/mol. The van der Waals surface area contributed by atoms with Gasteiger partial charge < -0.3 is 20.3 Å². The Morgan fingerprint density at radius 2 is 1.83 bits per heavy atom. The molecule has 1 aliphatic rings. The van der Waals surface area contributed by atoms with Gasteiger partial charge in [0.1, 0.15) is 6.61 Å². The van der Waals surface area contributed by atoms with Crippen molar-refractivity contribution in [3.05, 3.63) is 30.1 Å². The highest BCUT2D eigenvalue weighted by atomic mass is 19.1. The molecule has 168 valence electrons. The molecule has 1 unspecified atom stereocenters. The van der Waals surface area contributed by atoms with Gasteiger partial charge in [0.25, 0.3) is 0 Å². The van der Waals surface area contributed by atoms with Crippen molar-refractivity contribution in [1.29, 1.82) is 0 Å². The lowest BCUT2D eigenvalue weighted by Crippen LogP contribution is -2.54. The Kier molecular flexibility index (Phi) is 8.50. The van der Waals surface area contributed by atoms with Crippen LogP contribution in [-0.4, -0.2) is 48.6 Å². The second-order valence-corrected chi connectivity index (χ2v) is 9.53. The maximum Gasteiger partial charge on any atom is 0.315 e. The number of hydrogen-bond donors (Lipinski definition) is 2. The summed E-state index contributed by atoms with van der Waals surface area (Å²) in [6, 6.07) is 5.70. The number of hydrogen-bond acceptors (Lipinski definition) is 3. The van der Waals surface area contributed by atoms with E-state index in [-0.39, 0.29) is 41.8 Å².